The number of carboxylic acid groups (broad SMARTS) is 1. The van der Waals surface area contributed by atoms with E-state index in [9.17, 15) is 14.7 Å². The molecule has 3 rings (SSSR count). The van der Waals surface area contributed by atoms with Crippen LogP contribution < -0.4 is 10.6 Å². The zero-order valence-electron chi connectivity index (χ0n) is 11.2. The van der Waals surface area contributed by atoms with Gasteiger partial charge in [-0.1, -0.05) is 18.2 Å². The van der Waals surface area contributed by atoms with Crippen molar-refractivity contribution in [1.82, 2.24) is 5.32 Å². The Morgan fingerprint density at radius 2 is 2.10 bits per heavy atom. The standard InChI is InChI=1S/C15H18N2O3/c18-13(17-15(14(19)20)6-3-7-15)8-10-9-16-12-5-2-1-4-11(10)12/h1-2,4-5,10,16H,3,6-9H2,(H,17,18)(H,19,20). The van der Waals surface area contributed by atoms with Crippen molar-refractivity contribution in [3.05, 3.63) is 29.8 Å². The summed E-state index contributed by atoms with van der Waals surface area (Å²) in [5.74, 6) is -0.963. The lowest BCUT2D eigenvalue weighted by molar-refractivity contribution is -0.151. The van der Waals surface area contributed by atoms with Crippen LogP contribution in [0, 0.1) is 0 Å². The molecule has 1 unspecified atom stereocenters. The normalized spacial score (nSPS) is 22.3. The number of benzene rings is 1. The molecule has 0 saturated heterocycles. The van der Waals surface area contributed by atoms with Gasteiger partial charge in [0.1, 0.15) is 5.54 Å². The van der Waals surface area contributed by atoms with Gasteiger partial charge in [0, 0.05) is 24.6 Å². The van der Waals surface area contributed by atoms with Gasteiger partial charge < -0.3 is 15.7 Å². The van der Waals surface area contributed by atoms with E-state index in [-0.39, 0.29) is 11.8 Å². The zero-order chi connectivity index (χ0) is 14.2. The van der Waals surface area contributed by atoms with E-state index in [0.29, 0.717) is 19.3 Å². The lowest BCUT2D eigenvalue weighted by atomic mass is 9.76. The predicted octanol–water partition coefficient (Wildman–Crippen LogP) is 1.71. The summed E-state index contributed by atoms with van der Waals surface area (Å²) in [7, 11) is 0. The summed E-state index contributed by atoms with van der Waals surface area (Å²) in [6.07, 6.45) is 2.26. The van der Waals surface area contributed by atoms with Crippen molar-refractivity contribution in [2.45, 2.75) is 37.1 Å². The minimum atomic E-state index is -1.01. The van der Waals surface area contributed by atoms with Gasteiger partial charge in [0.05, 0.1) is 0 Å². The fourth-order valence-electron chi connectivity index (χ4n) is 3.00. The number of nitrogens with one attached hydrogen (secondary N) is 2. The van der Waals surface area contributed by atoms with E-state index in [1.807, 2.05) is 24.3 Å². The third kappa shape index (κ3) is 2.13. The van der Waals surface area contributed by atoms with Crippen LogP contribution in [0.5, 0.6) is 0 Å². The maximum Gasteiger partial charge on any atom is 0.329 e. The molecule has 0 aromatic heterocycles. The highest BCUT2D eigenvalue weighted by Crippen LogP contribution is 2.35. The third-order valence-electron chi connectivity index (χ3n) is 4.37. The first kappa shape index (κ1) is 13.0. The van der Waals surface area contributed by atoms with Crippen molar-refractivity contribution in [2.75, 3.05) is 11.9 Å². The summed E-state index contributed by atoms with van der Waals surface area (Å²) in [6.45, 7) is 0.729. The molecule has 1 aliphatic carbocycles. The fourth-order valence-corrected chi connectivity index (χ4v) is 3.00. The van der Waals surface area contributed by atoms with Crippen molar-refractivity contribution < 1.29 is 14.7 Å². The van der Waals surface area contributed by atoms with Gasteiger partial charge in [-0.3, -0.25) is 4.79 Å². The third-order valence-corrected chi connectivity index (χ3v) is 4.37. The van der Waals surface area contributed by atoms with E-state index in [1.165, 1.54) is 0 Å². The average molecular weight is 274 g/mol. The van der Waals surface area contributed by atoms with Crippen molar-refractivity contribution in [3.63, 3.8) is 0 Å². The van der Waals surface area contributed by atoms with E-state index >= 15 is 0 Å². The van der Waals surface area contributed by atoms with Crippen molar-refractivity contribution in [2.24, 2.45) is 0 Å². The summed E-state index contributed by atoms with van der Waals surface area (Å²) in [5.41, 5.74) is 1.20. The highest BCUT2D eigenvalue weighted by molar-refractivity contribution is 5.88. The van der Waals surface area contributed by atoms with Crippen LogP contribution >= 0.6 is 0 Å². The van der Waals surface area contributed by atoms with Crippen LogP contribution in [0.4, 0.5) is 5.69 Å². The van der Waals surface area contributed by atoms with Gasteiger partial charge in [-0.25, -0.2) is 4.79 Å². The highest BCUT2D eigenvalue weighted by atomic mass is 16.4. The second-order valence-corrected chi connectivity index (χ2v) is 5.66. The molecule has 106 valence electrons. The molecule has 0 spiro atoms. The summed E-state index contributed by atoms with van der Waals surface area (Å²) < 4.78 is 0. The molecular weight excluding hydrogens is 256 g/mol. The summed E-state index contributed by atoms with van der Waals surface area (Å²) in [4.78, 5) is 23.4. The second kappa shape index (κ2) is 4.81. The molecule has 1 atom stereocenters. The maximum atomic E-state index is 12.1. The second-order valence-electron chi connectivity index (χ2n) is 5.66. The molecule has 5 heteroatoms. The number of fused-ring (bicyclic) bond motifs is 1. The Morgan fingerprint density at radius 3 is 2.75 bits per heavy atom. The molecule has 5 nitrogen and oxygen atoms in total. The molecule has 1 heterocycles. The molecular formula is C15H18N2O3. The number of hydrogen-bond donors (Lipinski definition) is 3. The largest absolute Gasteiger partial charge is 0.480 e. The topological polar surface area (TPSA) is 78.4 Å². The van der Waals surface area contributed by atoms with Gasteiger partial charge >= 0.3 is 5.97 Å². The smallest absolute Gasteiger partial charge is 0.329 e. The number of hydrogen-bond acceptors (Lipinski definition) is 3. The molecule has 1 aliphatic heterocycles. The van der Waals surface area contributed by atoms with Gasteiger partial charge in [0.25, 0.3) is 0 Å². The maximum absolute atomic E-state index is 12.1. The minimum absolute atomic E-state index is 0.122. The number of rotatable bonds is 4. The van der Waals surface area contributed by atoms with E-state index in [4.69, 9.17) is 0 Å². The number of amides is 1. The van der Waals surface area contributed by atoms with Gasteiger partial charge in [0.15, 0.2) is 0 Å². The van der Waals surface area contributed by atoms with E-state index in [0.717, 1.165) is 24.2 Å². The number of carbonyl (C=O) groups excluding carboxylic acids is 1. The Kier molecular flexibility index (Phi) is 3.12. The molecule has 1 aromatic rings. The first-order valence-corrected chi connectivity index (χ1v) is 6.98. The molecule has 1 saturated carbocycles. The molecule has 1 fully saturated rings. The zero-order valence-corrected chi connectivity index (χ0v) is 11.2. The average Bonchev–Trinajstić information content (AvgIpc) is 2.77. The van der Waals surface area contributed by atoms with E-state index in [2.05, 4.69) is 10.6 Å². The quantitative estimate of drug-likeness (QED) is 0.781. The summed E-state index contributed by atoms with van der Waals surface area (Å²) in [6, 6.07) is 7.94. The molecule has 0 bridgehead atoms. The number of anilines is 1. The van der Waals surface area contributed by atoms with Gasteiger partial charge in [-0.2, -0.15) is 0 Å². The highest BCUT2D eigenvalue weighted by Gasteiger charge is 2.45. The van der Waals surface area contributed by atoms with Crippen molar-refractivity contribution in [3.8, 4) is 0 Å². The monoisotopic (exact) mass is 274 g/mol. The fraction of sp³-hybridized carbons (Fsp3) is 0.467. The number of carboxylic acids is 1. The Balaban J connectivity index is 1.65. The van der Waals surface area contributed by atoms with Crippen LogP contribution in [0.2, 0.25) is 0 Å². The van der Waals surface area contributed by atoms with Crippen LogP contribution in [-0.4, -0.2) is 29.1 Å². The Bertz CT molecular complexity index is 552. The molecule has 0 radical (unpaired) electrons. The van der Waals surface area contributed by atoms with Crippen LogP contribution in [0.15, 0.2) is 24.3 Å². The van der Waals surface area contributed by atoms with Crippen LogP contribution in [0.25, 0.3) is 0 Å². The van der Waals surface area contributed by atoms with Crippen molar-refractivity contribution in [1.29, 1.82) is 0 Å². The Morgan fingerprint density at radius 1 is 1.35 bits per heavy atom. The minimum Gasteiger partial charge on any atom is -0.480 e. The SMILES string of the molecule is O=C(CC1CNc2ccccc21)NC1(C(=O)O)CCC1. The summed E-state index contributed by atoms with van der Waals surface area (Å²) in [5, 5.41) is 15.2. The van der Waals surface area contributed by atoms with Crippen molar-refractivity contribution >= 4 is 17.6 Å². The van der Waals surface area contributed by atoms with Gasteiger partial charge in [-0.05, 0) is 30.9 Å². The predicted molar refractivity (Wildman–Crippen MR) is 74.7 cm³/mol. The lowest BCUT2D eigenvalue weighted by Crippen LogP contribution is -2.59. The van der Waals surface area contributed by atoms with Crippen LogP contribution in [0.1, 0.15) is 37.2 Å². The number of carbonyl (C=O) groups is 2. The Labute approximate surface area is 117 Å². The molecule has 1 amide bonds. The molecule has 2 aliphatic rings. The van der Waals surface area contributed by atoms with Gasteiger partial charge in [0.2, 0.25) is 5.91 Å². The molecule has 1 aromatic carbocycles. The number of aliphatic carboxylic acids is 1. The molecule has 20 heavy (non-hydrogen) atoms. The first-order valence-electron chi connectivity index (χ1n) is 6.98. The molecule has 3 N–H and O–H groups in total. The summed E-state index contributed by atoms with van der Waals surface area (Å²) >= 11 is 0. The lowest BCUT2D eigenvalue weighted by Gasteiger charge is -2.38. The van der Waals surface area contributed by atoms with E-state index in [1.54, 1.807) is 0 Å². The first-order chi connectivity index (χ1) is 9.61. The Hall–Kier alpha value is -2.04. The van der Waals surface area contributed by atoms with Crippen LogP contribution in [0.3, 0.4) is 0 Å². The van der Waals surface area contributed by atoms with Crippen LogP contribution in [-0.2, 0) is 9.59 Å². The van der Waals surface area contributed by atoms with Gasteiger partial charge in [-0.15, -0.1) is 0 Å². The van der Waals surface area contributed by atoms with E-state index < -0.39 is 11.5 Å². The number of para-hydroxylation sites is 1.